The number of ether oxygens (including phenoxy) is 2. The summed E-state index contributed by atoms with van der Waals surface area (Å²) in [6, 6.07) is 5.16. The standard InChI is InChI=1S/C24H23F3N6O3/c1-32(19-11-36-10-18-13(19)4-5-20(30-18)24(25,26)27)23(34)14-7-15-17(6-12(14)9-35-3)31-22(28)16-8-29-33(2)21(15)16/h4-8,19H,9-11H2,1-3H3,(H2,28,31). The molecule has 1 unspecified atom stereocenters. The van der Waals surface area contributed by atoms with Crippen molar-refractivity contribution in [2.75, 3.05) is 26.5 Å². The third kappa shape index (κ3) is 3.91. The Morgan fingerprint density at radius 3 is 2.78 bits per heavy atom. The molecule has 188 valence electrons. The number of hydrogen-bond acceptors (Lipinski definition) is 7. The number of rotatable bonds is 4. The van der Waals surface area contributed by atoms with Crippen LogP contribution in [0.4, 0.5) is 19.0 Å². The van der Waals surface area contributed by atoms with Crippen LogP contribution < -0.4 is 5.73 Å². The van der Waals surface area contributed by atoms with E-state index in [9.17, 15) is 18.0 Å². The molecule has 1 atom stereocenters. The summed E-state index contributed by atoms with van der Waals surface area (Å²) in [5, 5.41) is 5.62. The van der Waals surface area contributed by atoms with Gasteiger partial charge in [-0.05, 0) is 23.8 Å². The number of halogens is 3. The first-order valence-electron chi connectivity index (χ1n) is 11.0. The molecule has 0 saturated heterocycles. The molecule has 1 aliphatic heterocycles. The molecule has 0 fully saturated rings. The molecule has 1 amide bonds. The number of benzene rings is 1. The van der Waals surface area contributed by atoms with Crippen molar-refractivity contribution in [2.45, 2.75) is 25.4 Å². The van der Waals surface area contributed by atoms with Crippen molar-refractivity contribution in [3.8, 4) is 0 Å². The first kappa shape index (κ1) is 23.9. The van der Waals surface area contributed by atoms with Crippen LogP contribution >= 0.6 is 0 Å². The van der Waals surface area contributed by atoms with Crippen molar-refractivity contribution in [3.05, 3.63) is 58.5 Å². The van der Waals surface area contributed by atoms with E-state index in [1.54, 1.807) is 37.1 Å². The smallest absolute Gasteiger partial charge is 0.383 e. The number of carbonyl (C=O) groups excluding carboxylic acids is 1. The van der Waals surface area contributed by atoms with Crippen LogP contribution in [0.15, 0.2) is 30.5 Å². The van der Waals surface area contributed by atoms with Gasteiger partial charge in [-0.15, -0.1) is 0 Å². The number of alkyl halides is 3. The molecule has 36 heavy (non-hydrogen) atoms. The van der Waals surface area contributed by atoms with E-state index in [4.69, 9.17) is 15.2 Å². The fraction of sp³-hybridized carbons (Fsp3) is 0.333. The number of pyridine rings is 2. The topological polar surface area (TPSA) is 108 Å². The second-order valence-electron chi connectivity index (χ2n) is 8.66. The van der Waals surface area contributed by atoms with Crippen LogP contribution in [0.3, 0.4) is 0 Å². The van der Waals surface area contributed by atoms with Gasteiger partial charge in [-0.25, -0.2) is 9.97 Å². The van der Waals surface area contributed by atoms with Gasteiger partial charge in [0, 0.05) is 37.7 Å². The van der Waals surface area contributed by atoms with Crippen molar-refractivity contribution in [1.82, 2.24) is 24.6 Å². The minimum Gasteiger partial charge on any atom is -0.383 e. The van der Waals surface area contributed by atoms with Crippen LogP contribution in [0.1, 0.15) is 38.9 Å². The molecule has 1 aromatic carbocycles. The predicted molar refractivity (Wildman–Crippen MR) is 125 cm³/mol. The van der Waals surface area contributed by atoms with Crippen LogP contribution in [-0.2, 0) is 35.9 Å². The average Bonchev–Trinajstić information content (AvgIpc) is 3.24. The summed E-state index contributed by atoms with van der Waals surface area (Å²) in [6.07, 6.45) is -2.95. The Kier molecular flexibility index (Phi) is 5.80. The van der Waals surface area contributed by atoms with E-state index in [1.165, 1.54) is 18.1 Å². The number of aromatic nitrogens is 4. The summed E-state index contributed by atoms with van der Waals surface area (Å²) >= 11 is 0. The summed E-state index contributed by atoms with van der Waals surface area (Å²) in [5.41, 5.74) is 8.09. The minimum absolute atomic E-state index is 0.0613. The van der Waals surface area contributed by atoms with Gasteiger partial charge < -0.3 is 20.1 Å². The monoisotopic (exact) mass is 500 g/mol. The molecule has 4 heterocycles. The molecule has 0 saturated carbocycles. The van der Waals surface area contributed by atoms with Crippen molar-refractivity contribution < 1.29 is 27.4 Å². The molecule has 12 heteroatoms. The summed E-state index contributed by atoms with van der Waals surface area (Å²) in [4.78, 5) is 23.5. The Bertz CT molecular complexity index is 1500. The molecule has 0 bridgehead atoms. The number of nitrogen functional groups attached to an aromatic ring is 1. The fourth-order valence-corrected chi connectivity index (χ4v) is 4.62. The average molecular weight is 500 g/mol. The predicted octanol–water partition coefficient (Wildman–Crippen LogP) is 3.61. The van der Waals surface area contributed by atoms with Crippen LogP contribution in [-0.4, -0.2) is 51.3 Å². The Labute approximate surface area is 203 Å². The van der Waals surface area contributed by atoms with Gasteiger partial charge in [0.1, 0.15) is 11.5 Å². The third-order valence-electron chi connectivity index (χ3n) is 6.42. The highest BCUT2D eigenvalue weighted by molar-refractivity contribution is 6.10. The Hall–Kier alpha value is -3.77. The second kappa shape index (κ2) is 8.71. The molecule has 2 N–H and O–H groups in total. The highest BCUT2D eigenvalue weighted by Crippen LogP contribution is 2.35. The number of nitrogens with two attached hydrogens (primary N) is 1. The Morgan fingerprint density at radius 2 is 2.06 bits per heavy atom. The number of nitrogens with zero attached hydrogens (tertiary/aromatic N) is 5. The minimum atomic E-state index is -4.57. The lowest BCUT2D eigenvalue weighted by Crippen LogP contribution is -2.37. The summed E-state index contributed by atoms with van der Waals surface area (Å²) < 4.78 is 52.0. The molecule has 9 nitrogen and oxygen atoms in total. The number of fused-ring (bicyclic) bond motifs is 4. The van der Waals surface area contributed by atoms with E-state index in [2.05, 4.69) is 15.1 Å². The van der Waals surface area contributed by atoms with E-state index >= 15 is 0 Å². The first-order chi connectivity index (χ1) is 17.1. The van der Waals surface area contributed by atoms with Crippen molar-refractivity contribution in [3.63, 3.8) is 0 Å². The maximum absolute atomic E-state index is 13.8. The van der Waals surface area contributed by atoms with E-state index in [-0.39, 0.29) is 31.4 Å². The maximum atomic E-state index is 13.8. The van der Waals surface area contributed by atoms with Gasteiger partial charge in [-0.1, -0.05) is 6.07 Å². The Balaban J connectivity index is 1.59. The largest absolute Gasteiger partial charge is 0.433 e. The lowest BCUT2D eigenvalue weighted by molar-refractivity contribution is -0.141. The van der Waals surface area contributed by atoms with Crippen molar-refractivity contribution in [1.29, 1.82) is 0 Å². The number of carbonyl (C=O) groups is 1. The first-order valence-corrected chi connectivity index (χ1v) is 11.0. The number of anilines is 1. The number of hydrogen-bond donors (Lipinski definition) is 1. The number of amides is 1. The highest BCUT2D eigenvalue weighted by atomic mass is 19.4. The Morgan fingerprint density at radius 1 is 1.28 bits per heavy atom. The van der Waals surface area contributed by atoms with Gasteiger partial charge in [-0.3, -0.25) is 9.48 Å². The van der Waals surface area contributed by atoms with Gasteiger partial charge in [0.15, 0.2) is 0 Å². The maximum Gasteiger partial charge on any atom is 0.433 e. The van der Waals surface area contributed by atoms with E-state index in [0.29, 0.717) is 38.8 Å². The molecule has 1 aliphatic rings. The van der Waals surface area contributed by atoms with Crippen LogP contribution in [0.5, 0.6) is 0 Å². The molecule has 5 rings (SSSR count). The third-order valence-corrected chi connectivity index (χ3v) is 6.42. The van der Waals surface area contributed by atoms with E-state index < -0.39 is 17.9 Å². The zero-order valence-corrected chi connectivity index (χ0v) is 19.8. The SMILES string of the molecule is COCc1cc2nc(N)c3cnn(C)c3c2cc1C(=O)N(C)C1COCc2nc(C(F)(F)F)ccc21. The summed E-state index contributed by atoms with van der Waals surface area (Å²) in [7, 11) is 4.88. The second-order valence-corrected chi connectivity index (χ2v) is 8.66. The summed E-state index contributed by atoms with van der Waals surface area (Å²) in [6.45, 7) is 0.206. The molecule has 0 radical (unpaired) electrons. The van der Waals surface area contributed by atoms with Crippen LogP contribution in [0.2, 0.25) is 0 Å². The normalized spacial score (nSPS) is 15.9. The molecule has 0 aliphatic carbocycles. The highest BCUT2D eigenvalue weighted by Gasteiger charge is 2.36. The molecular formula is C24H23F3N6O3. The number of likely N-dealkylation sites (N-methyl/N-ethyl adjacent to an activating group) is 1. The molecule has 0 spiro atoms. The van der Waals surface area contributed by atoms with Gasteiger partial charge >= 0.3 is 6.18 Å². The van der Waals surface area contributed by atoms with E-state index in [1.807, 2.05) is 0 Å². The van der Waals surface area contributed by atoms with Gasteiger partial charge in [0.25, 0.3) is 5.91 Å². The molecule has 4 aromatic rings. The number of aryl methyl sites for hydroxylation is 1. The van der Waals surface area contributed by atoms with Gasteiger partial charge in [0.2, 0.25) is 0 Å². The zero-order valence-electron chi connectivity index (χ0n) is 19.8. The van der Waals surface area contributed by atoms with Crippen LogP contribution in [0, 0.1) is 0 Å². The summed E-state index contributed by atoms with van der Waals surface area (Å²) in [5.74, 6) is -0.0238. The number of methoxy groups -OCH3 is 1. The lowest BCUT2D eigenvalue weighted by atomic mass is 9.98. The zero-order chi connectivity index (χ0) is 25.8. The lowest BCUT2D eigenvalue weighted by Gasteiger charge is -2.33. The molecule has 3 aromatic heterocycles. The van der Waals surface area contributed by atoms with Gasteiger partial charge in [-0.2, -0.15) is 18.3 Å². The van der Waals surface area contributed by atoms with Crippen molar-refractivity contribution >= 4 is 33.5 Å². The van der Waals surface area contributed by atoms with Crippen molar-refractivity contribution in [2.24, 2.45) is 7.05 Å². The van der Waals surface area contributed by atoms with Gasteiger partial charge in [0.05, 0.1) is 54.2 Å². The van der Waals surface area contributed by atoms with E-state index in [0.717, 1.165) is 11.6 Å². The fourth-order valence-electron chi connectivity index (χ4n) is 4.62. The van der Waals surface area contributed by atoms with Crippen LogP contribution in [0.25, 0.3) is 21.8 Å². The quantitative estimate of drug-likeness (QED) is 0.456. The molecular weight excluding hydrogens is 477 g/mol.